The number of hydrogen-bond acceptors (Lipinski definition) is 5. The third-order valence-corrected chi connectivity index (χ3v) is 4.00. The number of rotatable bonds is 4. The van der Waals surface area contributed by atoms with Crippen LogP contribution in [0.4, 0.5) is 10.5 Å². The summed E-state index contributed by atoms with van der Waals surface area (Å²) in [4.78, 5) is 16.2. The first-order valence-corrected chi connectivity index (χ1v) is 8.02. The van der Waals surface area contributed by atoms with Gasteiger partial charge in [-0.15, -0.1) is 0 Å². The van der Waals surface area contributed by atoms with Crippen molar-refractivity contribution in [3.63, 3.8) is 0 Å². The van der Waals surface area contributed by atoms with Crippen molar-refractivity contribution in [1.82, 2.24) is 10.1 Å². The predicted molar refractivity (Wildman–Crippen MR) is 94.4 cm³/mol. The lowest BCUT2D eigenvalue weighted by molar-refractivity contribution is 0.121. The van der Waals surface area contributed by atoms with Gasteiger partial charge in [0.05, 0.1) is 0 Å². The fourth-order valence-corrected chi connectivity index (χ4v) is 2.67. The number of hydrogen-bond donors (Lipinski definition) is 1. The molecule has 1 aromatic carbocycles. The van der Waals surface area contributed by atoms with Crippen LogP contribution in [-0.4, -0.2) is 16.2 Å². The number of carbonyl (C=O) groups is 1. The van der Waals surface area contributed by atoms with Crippen molar-refractivity contribution in [3.05, 3.63) is 65.1 Å². The minimum Gasteiger partial charge on any atom is -0.441 e. The van der Waals surface area contributed by atoms with Crippen molar-refractivity contribution >= 4 is 23.4 Å². The van der Waals surface area contributed by atoms with Crippen LogP contribution in [0.3, 0.4) is 0 Å². The number of aromatic nitrogens is 2. The van der Waals surface area contributed by atoms with Gasteiger partial charge in [0.2, 0.25) is 0 Å². The molecule has 3 rings (SSSR count). The van der Waals surface area contributed by atoms with Crippen molar-refractivity contribution < 1.29 is 14.1 Å². The number of amides is 1. The second kappa shape index (κ2) is 7.36. The molecule has 0 aliphatic rings. The summed E-state index contributed by atoms with van der Waals surface area (Å²) in [6, 6.07) is 10.8. The lowest BCUT2D eigenvalue weighted by Crippen LogP contribution is -2.17. The maximum Gasteiger partial charge on any atom is 0.412 e. The maximum absolute atomic E-state index is 12.3. The van der Waals surface area contributed by atoms with E-state index >= 15 is 0 Å². The molecule has 0 radical (unpaired) electrons. The standard InChI is InChI=1S/C18H16ClN3O3/c1-11-16(17(25-22-11)13-7-9-20-10-8-13)21-18(23)24-12(2)14-5-3-4-6-15(14)19/h3-10,12H,1-2H3,(H,21,23). The van der Waals surface area contributed by atoms with Gasteiger partial charge in [-0.05, 0) is 32.0 Å². The van der Waals surface area contributed by atoms with Crippen LogP contribution in [0.15, 0.2) is 53.3 Å². The van der Waals surface area contributed by atoms with Crippen LogP contribution in [0.2, 0.25) is 5.02 Å². The van der Waals surface area contributed by atoms with E-state index in [1.807, 2.05) is 18.2 Å². The van der Waals surface area contributed by atoms with Gasteiger partial charge in [-0.3, -0.25) is 10.3 Å². The first-order valence-electron chi connectivity index (χ1n) is 7.65. The number of aryl methyl sites for hydroxylation is 1. The number of nitrogens with one attached hydrogen (secondary N) is 1. The van der Waals surface area contributed by atoms with Gasteiger partial charge in [0.15, 0.2) is 5.76 Å². The van der Waals surface area contributed by atoms with Crippen molar-refractivity contribution in [3.8, 4) is 11.3 Å². The topological polar surface area (TPSA) is 77.3 Å². The lowest BCUT2D eigenvalue weighted by Gasteiger charge is -2.15. The van der Waals surface area contributed by atoms with E-state index in [-0.39, 0.29) is 0 Å². The molecule has 2 aromatic heterocycles. The Hall–Kier alpha value is -2.86. The predicted octanol–water partition coefficient (Wildman–Crippen LogP) is 5.01. The first-order chi connectivity index (χ1) is 12.1. The Labute approximate surface area is 149 Å². The van der Waals surface area contributed by atoms with E-state index in [1.165, 1.54) is 0 Å². The molecule has 0 aliphatic carbocycles. The fourth-order valence-electron chi connectivity index (χ4n) is 2.38. The van der Waals surface area contributed by atoms with Crippen LogP contribution >= 0.6 is 11.6 Å². The quantitative estimate of drug-likeness (QED) is 0.710. The minimum atomic E-state index is -0.617. The molecule has 1 unspecified atom stereocenters. The third kappa shape index (κ3) is 3.80. The Bertz CT molecular complexity index is 880. The van der Waals surface area contributed by atoms with Gasteiger partial charge in [0.1, 0.15) is 17.5 Å². The molecular formula is C18H16ClN3O3. The van der Waals surface area contributed by atoms with Crippen LogP contribution in [0.25, 0.3) is 11.3 Å². The van der Waals surface area contributed by atoms with Crippen molar-refractivity contribution in [2.24, 2.45) is 0 Å². The molecule has 7 heteroatoms. The van der Waals surface area contributed by atoms with Crippen LogP contribution in [-0.2, 0) is 4.74 Å². The summed E-state index contributed by atoms with van der Waals surface area (Å²) in [5.74, 6) is 0.447. The number of benzene rings is 1. The summed E-state index contributed by atoms with van der Waals surface area (Å²) < 4.78 is 10.7. The van der Waals surface area contributed by atoms with E-state index in [0.717, 1.165) is 11.1 Å². The van der Waals surface area contributed by atoms with Crippen LogP contribution in [0, 0.1) is 6.92 Å². The smallest absolute Gasteiger partial charge is 0.412 e. The van der Waals surface area contributed by atoms with Crippen molar-refractivity contribution in [1.29, 1.82) is 0 Å². The Morgan fingerprint density at radius 3 is 2.68 bits per heavy atom. The minimum absolute atomic E-state index is 0.447. The largest absolute Gasteiger partial charge is 0.441 e. The average Bonchev–Trinajstić information content (AvgIpc) is 2.96. The molecule has 0 saturated heterocycles. The monoisotopic (exact) mass is 357 g/mol. The highest BCUT2D eigenvalue weighted by Crippen LogP contribution is 2.31. The Balaban J connectivity index is 1.76. The molecule has 1 N–H and O–H groups in total. The van der Waals surface area contributed by atoms with Gasteiger partial charge in [0, 0.05) is 28.5 Å². The SMILES string of the molecule is Cc1noc(-c2ccncc2)c1NC(=O)OC(C)c1ccccc1Cl. The zero-order chi connectivity index (χ0) is 17.8. The summed E-state index contributed by atoms with van der Waals surface area (Å²) in [5, 5.41) is 7.15. The molecule has 0 fully saturated rings. The number of halogens is 1. The summed E-state index contributed by atoms with van der Waals surface area (Å²) in [6.45, 7) is 3.49. The second-order valence-corrected chi connectivity index (χ2v) is 5.81. The van der Waals surface area contributed by atoms with Gasteiger partial charge < -0.3 is 9.26 Å². The normalized spacial score (nSPS) is 11.8. The molecule has 0 spiro atoms. The van der Waals surface area contributed by atoms with E-state index in [9.17, 15) is 4.79 Å². The lowest BCUT2D eigenvalue weighted by atomic mass is 10.1. The highest BCUT2D eigenvalue weighted by molar-refractivity contribution is 6.31. The first kappa shape index (κ1) is 17.0. The van der Waals surface area contributed by atoms with Gasteiger partial charge >= 0.3 is 6.09 Å². The van der Waals surface area contributed by atoms with Gasteiger partial charge in [-0.1, -0.05) is 35.0 Å². The number of ether oxygens (including phenoxy) is 1. The van der Waals surface area contributed by atoms with E-state index in [4.69, 9.17) is 20.9 Å². The molecule has 2 heterocycles. The van der Waals surface area contributed by atoms with Crippen molar-refractivity contribution in [2.45, 2.75) is 20.0 Å². The van der Waals surface area contributed by atoms with E-state index < -0.39 is 12.2 Å². The third-order valence-electron chi connectivity index (χ3n) is 3.66. The Morgan fingerprint density at radius 1 is 1.24 bits per heavy atom. The van der Waals surface area contributed by atoms with Crippen LogP contribution < -0.4 is 5.32 Å². The second-order valence-electron chi connectivity index (χ2n) is 5.40. The molecule has 6 nitrogen and oxygen atoms in total. The number of pyridine rings is 1. The molecule has 0 bridgehead atoms. The van der Waals surface area contributed by atoms with Gasteiger partial charge in [0.25, 0.3) is 0 Å². The molecule has 0 saturated carbocycles. The molecule has 128 valence electrons. The molecule has 0 aliphatic heterocycles. The Morgan fingerprint density at radius 2 is 1.96 bits per heavy atom. The molecule has 1 amide bonds. The summed E-state index contributed by atoms with van der Waals surface area (Å²) in [5.41, 5.74) is 2.50. The summed E-state index contributed by atoms with van der Waals surface area (Å²) >= 11 is 6.13. The zero-order valence-corrected chi connectivity index (χ0v) is 14.4. The summed E-state index contributed by atoms with van der Waals surface area (Å²) in [6.07, 6.45) is 2.15. The number of anilines is 1. The number of carbonyl (C=O) groups excluding carboxylic acids is 1. The highest BCUT2D eigenvalue weighted by Gasteiger charge is 2.20. The Kier molecular flexibility index (Phi) is 5.00. The van der Waals surface area contributed by atoms with Gasteiger partial charge in [-0.2, -0.15) is 0 Å². The fraction of sp³-hybridized carbons (Fsp3) is 0.167. The van der Waals surface area contributed by atoms with E-state index in [2.05, 4.69) is 15.5 Å². The average molecular weight is 358 g/mol. The summed E-state index contributed by atoms with van der Waals surface area (Å²) in [7, 11) is 0. The molecule has 1 atom stereocenters. The number of nitrogens with zero attached hydrogens (tertiary/aromatic N) is 2. The zero-order valence-electron chi connectivity index (χ0n) is 13.7. The highest BCUT2D eigenvalue weighted by atomic mass is 35.5. The van der Waals surface area contributed by atoms with E-state index in [0.29, 0.717) is 22.2 Å². The van der Waals surface area contributed by atoms with Gasteiger partial charge in [-0.25, -0.2) is 4.79 Å². The molecule has 25 heavy (non-hydrogen) atoms. The van der Waals surface area contributed by atoms with Crippen LogP contribution in [0.1, 0.15) is 24.3 Å². The van der Waals surface area contributed by atoms with Crippen LogP contribution in [0.5, 0.6) is 0 Å². The molecule has 3 aromatic rings. The van der Waals surface area contributed by atoms with E-state index in [1.54, 1.807) is 44.4 Å². The molecular weight excluding hydrogens is 342 g/mol. The maximum atomic E-state index is 12.3. The van der Waals surface area contributed by atoms with Crippen molar-refractivity contribution in [2.75, 3.05) is 5.32 Å².